The number of benzene rings is 2. The van der Waals surface area contributed by atoms with Gasteiger partial charge in [0.05, 0.1) is 11.9 Å². The van der Waals surface area contributed by atoms with Crippen molar-refractivity contribution in [2.45, 2.75) is 26.7 Å². The van der Waals surface area contributed by atoms with Crippen molar-refractivity contribution in [3.05, 3.63) is 59.0 Å². The van der Waals surface area contributed by atoms with Gasteiger partial charge in [0, 0.05) is 16.6 Å². The first-order valence-electron chi connectivity index (χ1n) is 9.67. The lowest BCUT2D eigenvalue weighted by Gasteiger charge is -2.12. The van der Waals surface area contributed by atoms with E-state index in [-0.39, 0.29) is 12.5 Å². The molecule has 0 aliphatic heterocycles. The van der Waals surface area contributed by atoms with Crippen molar-refractivity contribution in [1.82, 2.24) is 4.98 Å². The van der Waals surface area contributed by atoms with Crippen molar-refractivity contribution in [2.75, 3.05) is 22.9 Å². The highest BCUT2D eigenvalue weighted by molar-refractivity contribution is 7.92. The summed E-state index contributed by atoms with van der Waals surface area (Å²) in [7, 11) is -3.32. The van der Waals surface area contributed by atoms with Crippen LogP contribution in [0.2, 0.25) is 0 Å². The zero-order chi connectivity index (χ0) is 22.6. The van der Waals surface area contributed by atoms with Gasteiger partial charge in [0.25, 0.3) is 5.91 Å². The summed E-state index contributed by atoms with van der Waals surface area (Å²) < 4.78 is 30.7. The Labute approximate surface area is 186 Å². The number of nitrogens with zero attached hydrogens (tertiary/aromatic N) is 1. The molecule has 0 saturated heterocycles. The Morgan fingerprint density at radius 2 is 1.87 bits per heavy atom. The van der Waals surface area contributed by atoms with Crippen LogP contribution in [0.4, 0.5) is 10.8 Å². The van der Waals surface area contributed by atoms with E-state index in [0.29, 0.717) is 28.2 Å². The Morgan fingerprint density at radius 3 is 2.52 bits per heavy atom. The third kappa shape index (κ3) is 6.53. The van der Waals surface area contributed by atoms with E-state index in [1.165, 1.54) is 11.3 Å². The molecule has 1 heterocycles. The van der Waals surface area contributed by atoms with E-state index in [0.717, 1.165) is 22.9 Å². The van der Waals surface area contributed by atoms with E-state index in [4.69, 9.17) is 4.74 Å². The number of rotatable bonds is 8. The number of nitrogens with one attached hydrogen (secondary N) is 2. The standard InChI is InChI=1S/C22H25N3O4S2/c1-14(2)17-6-5-15(3)20(11-17)29-12-21(26)24-22-23-19(13-30-22)16-7-9-18(10-8-16)25-31(4,27)28/h5-11,13-14,25H,12H2,1-4H3,(H,23,24,26). The number of anilines is 2. The van der Waals surface area contributed by atoms with Crippen LogP contribution >= 0.6 is 11.3 Å². The third-order valence-electron chi connectivity index (χ3n) is 4.47. The Bertz CT molecular complexity index is 1170. The number of hydrogen-bond acceptors (Lipinski definition) is 6. The normalized spacial score (nSPS) is 11.4. The molecular formula is C22H25N3O4S2. The summed E-state index contributed by atoms with van der Waals surface area (Å²) in [6.45, 7) is 6.05. The Morgan fingerprint density at radius 1 is 1.16 bits per heavy atom. The predicted octanol–water partition coefficient (Wildman–Crippen LogP) is 4.63. The highest BCUT2D eigenvalue weighted by atomic mass is 32.2. The quantitative estimate of drug-likeness (QED) is 0.512. The largest absolute Gasteiger partial charge is 0.483 e. The van der Waals surface area contributed by atoms with Gasteiger partial charge in [0.15, 0.2) is 11.7 Å². The number of hydrogen-bond donors (Lipinski definition) is 2. The highest BCUT2D eigenvalue weighted by Gasteiger charge is 2.11. The van der Waals surface area contributed by atoms with Gasteiger partial charge < -0.3 is 4.74 Å². The van der Waals surface area contributed by atoms with Crippen LogP contribution < -0.4 is 14.8 Å². The molecule has 0 bridgehead atoms. The molecule has 0 unspecified atom stereocenters. The average Bonchev–Trinajstić information content (AvgIpc) is 3.15. The van der Waals surface area contributed by atoms with Crippen LogP contribution in [0.3, 0.4) is 0 Å². The first-order chi connectivity index (χ1) is 14.6. The van der Waals surface area contributed by atoms with Gasteiger partial charge in [-0.15, -0.1) is 11.3 Å². The van der Waals surface area contributed by atoms with Crippen LogP contribution in [0, 0.1) is 6.92 Å². The summed E-state index contributed by atoms with van der Waals surface area (Å²) in [5, 5.41) is 5.05. The zero-order valence-corrected chi connectivity index (χ0v) is 19.4. The summed E-state index contributed by atoms with van der Waals surface area (Å²) >= 11 is 1.31. The molecule has 31 heavy (non-hydrogen) atoms. The summed E-state index contributed by atoms with van der Waals surface area (Å²) in [4.78, 5) is 16.7. The molecule has 0 fully saturated rings. The van der Waals surface area contributed by atoms with Crippen LogP contribution in [0.25, 0.3) is 11.3 Å². The van der Waals surface area contributed by atoms with Gasteiger partial charge in [-0.05, 0) is 42.2 Å². The molecule has 2 N–H and O–H groups in total. The Balaban J connectivity index is 1.60. The van der Waals surface area contributed by atoms with Crippen molar-refractivity contribution < 1.29 is 17.9 Å². The Hall–Kier alpha value is -2.91. The highest BCUT2D eigenvalue weighted by Crippen LogP contribution is 2.27. The van der Waals surface area contributed by atoms with Gasteiger partial charge >= 0.3 is 0 Å². The predicted molar refractivity (Wildman–Crippen MR) is 125 cm³/mol. The minimum Gasteiger partial charge on any atom is -0.483 e. The molecule has 2 aromatic carbocycles. The lowest BCUT2D eigenvalue weighted by Crippen LogP contribution is -2.20. The third-order valence-corrected chi connectivity index (χ3v) is 5.84. The minimum atomic E-state index is -3.32. The second kappa shape index (κ2) is 9.49. The van der Waals surface area contributed by atoms with Crippen LogP contribution in [0.15, 0.2) is 47.8 Å². The van der Waals surface area contributed by atoms with Gasteiger partial charge in [-0.3, -0.25) is 14.8 Å². The fraction of sp³-hybridized carbons (Fsp3) is 0.273. The van der Waals surface area contributed by atoms with E-state index in [2.05, 4.69) is 34.9 Å². The van der Waals surface area contributed by atoms with Crippen molar-refractivity contribution in [3.8, 4) is 17.0 Å². The van der Waals surface area contributed by atoms with Crippen molar-refractivity contribution in [3.63, 3.8) is 0 Å². The molecular weight excluding hydrogens is 434 g/mol. The molecule has 3 rings (SSSR count). The number of thiazole rings is 1. The molecule has 1 aromatic heterocycles. The monoisotopic (exact) mass is 459 g/mol. The topological polar surface area (TPSA) is 97.4 Å². The number of aryl methyl sites for hydroxylation is 1. The van der Waals surface area contributed by atoms with Crippen LogP contribution in [-0.4, -0.2) is 32.2 Å². The first kappa shape index (κ1) is 22.8. The zero-order valence-electron chi connectivity index (χ0n) is 17.8. The van der Waals surface area contributed by atoms with Gasteiger partial charge in [-0.25, -0.2) is 13.4 Å². The van der Waals surface area contributed by atoms with E-state index in [1.807, 2.05) is 24.4 Å². The second-order valence-electron chi connectivity index (χ2n) is 7.51. The minimum absolute atomic E-state index is 0.108. The van der Waals surface area contributed by atoms with Crippen LogP contribution in [0.1, 0.15) is 30.9 Å². The second-order valence-corrected chi connectivity index (χ2v) is 10.1. The van der Waals surface area contributed by atoms with Crippen molar-refractivity contribution in [1.29, 1.82) is 0 Å². The summed E-state index contributed by atoms with van der Waals surface area (Å²) in [5.74, 6) is 0.786. The fourth-order valence-electron chi connectivity index (χ4n) is 2.82. The molecule has 9 heteroatoms. The van der Waals surface area contributed by atoms with Crippen LogP contribution in [0.5, 0.6) is 5.75 Å². The number of carbonyl (C=O) groups is 1. The number of aromatic nitrogens is 1. The molecule has 0 spiro atoms. The maximum atomic E-state index is 12.3. The van der Waals surface area contributed by atoms with E-state index >= 15 is 0 Å². The maximum absolute atomic E-state index is 12.3. The number of ether oxygens (including phenoxy) is 1. The van der Waals surface area contributed by atoms with Gasteiger partial charge in [0.2, 0.25) is 10.0 Å². The average molecular weight is 460 g/mol. The smallest absolute Gasteiger partial charge is 0.264 e. The van der Waals surface area contributed by atoms with E-state index < -0.39 is 10.0 Å². The molecule has 7 nitrogen and oxygen atoms in total. The molecule has 0 radical (unpaired) electrons. The maximum Gasteiger partial charge on any atom is 0.264 e. The Kier molecular flexibility index (Phi) is 6.97. The molecule has 3 aromatic rings. The fourth-order valence-corrected chi connectivity index (χ4v) is 4.12. The molecule has 0 saturated carbocycles. The number of sulfonamides is 1. The molecule has 0 atom stereocenters. The van der Waals surface area contributed by atoms with Gasteiger partial charge in [0.1, 0.15) is 5.75 Å². The molecule has 164 valence electrons. The number of amides is 1. The van der Waals surface area contributed by atoms with Gasteiger partial charge in [-0.1, -0.05) is 38.1 Å². The SMILES string of the molecule is Cc1ccc(C(C)C)cc1OCC(=O)Nc1nc(-c2ccc(NS(C)(=O)=O)cc2)cs1. The first-order valence-corrected chi connectivity index (χ1v) is 12.4. The van der Waals surface area contributed by atoms with Gasteiger partial charge in [-0.2, -0.15) is 0 Å². The van der Waals surface area contributed by atoms with E-state index in [1.54, 1.807) is 24.3 Å². The molecule has 0 aliphatic carbocycles. The summed E-state index contributed by atoms with van der Waals surface area (Å²) in [6, 6.07) is 12.9. The lowest BCUT2D eigenvalue weighted by atomic mass is 10.0. The lowest BCUT2D eigenvalue weighted by molar-refractivity contribution is -0.118. The number of carbonyl (C=O) groups excluding carboxylic acids is 1. The van der Waals surface area contributed by atoms with E-state index in [9.17, 15) is 13.2 Å². The molecule has 1 amide bonds. The molecule has 0 aliphatic rings. The van der Waals surface area contributed by atoms with Crippen LogP contribution in [-0.2, 0) is 14.8 Å². The van der Waals surface area contributed by atoms with Crippen molar-refractivity contribution >= 4 is 38.1 Å². The summed E-state index contributed by atoms with van der Waals surface area (Å²) in [6.07, 6.45) is 1.10. The van der Waals surface area contributed by atoms with Crippen molar-refractivity contribution in [2.24, 2.45) is 0 Å². The summed E-state index contributed by atoms with van der Waals surface area (Å²) in [5.41, 5.74) is 4.11.